The number of hydrogen-bond acceptors (Lipinski definition) is 2. The minimum atomic E-state index is -0.0772. The molecule has 0 aromatic carbocycles. The van der Waals surface area contributed by atoms with Crippen LogP contribution in [-0.4, -0.2) is 10.8 Å². The fourth-order valence-corrected chi connectivity index (χ4v) is 1.43. The average molecular weight is 217 g/mol. The highest BCUT2D eigenvalue weighted by Crippen LogP contribution is 2.15. The molecule has 2 nitrogen and oxygen atoms in total. The third-order valence-corrected chi connectivity index (χ3v) is 2.78. The van der Waals surface area contributed by atoms with Crippen LogP contribution in [0.5, 0.6) is 0 Å². The summed E-state index contributed by atoms with van der Waals surface area (Å²) in [5.41, 5.74) is 1.94. The molecule has 0 aliphatic carbocycles. The van der Waals surface area contributed by atoms with Gasteiger partial charge < -0.3 is 0 Å². The molecule has 0 N–H and O–H groups in total. The highest BCUT2D eigenvalue weighted by Gasteiger charge is 2.13. The first-order chi connectivity index (χ1) is 7.52. The molecule has 0 unspecified atom stereocenters. The number of Topliss-reactive ketones (excluding diaryl/α,β-unsaturated/α-hetero) is 1. The van der Waals surface area contributed by atoms with Crippen molar-refractivity contribution in [3.8, 4) is 0 Å². The van der Waals surface area contributed by atoms with Crippen LogP contribution in [0, 0.1) is 11.8 Å². The van der Waals surface area contributed by atoms with E-state index in [0.717, 1.165) is 0 Å². The first kappa shape index (κ1) is 12.6. The van der Waals surface area contributed by atoms with E-state index in [0.29, 0.717) is 11.5 Å². The maximum absolute atomic E-state index is 12.0. The van der Waals surface area contributed by atoms with Crippen molar-refractivity contribution in [3.63, 3.8) is 0 Å². The molecule has 0 aliphatic heterocycles. The Labute approximate surface area is 97.4 Å². The maximum atomic E-state index is 12.0. The molecule has 0 amide bonds. The predicted molar refractivity (Wildman–Crippen MR) is 66.3 cm³/mol. The van der Waals surface area contributed by atoms with Crippen LogP contribution in [0.15, 0.2) is 36.2 Å². The lowest BCUT2D eigenvalue weighted by Crippen LogP contribution is -2.10. The van der Waals surface area contributed by atoms with E-state index in [1.165, 1.54) is 5.57 Å². The van der Waals surface area contributed by atoms with Crippen molar-refractivity contribution in [3.05, 3.63) is 41.7 Å². The molecule has 0 fully saturated rings. The largest absolute Gasteiger partial charge is 0.293 e. The van der Waals surface area contributed by atoms with Gasteiger partial charge in [-0.2, -0.15) is 0 Å². The van der Waals surface area contributed by atoms with Gasteiger partial charge in [0, 0.05) is 23.9 Å². The van der Waals surface area contributed by atoms with Crippen molar-refractivity contribution in [2.45, 2.75) is 27.7 Å². The number of rotatable bonds is 4. The smallest absolute Gasteiger partial charge is 0.170 e. The molecule has 16 heavy (non-hydrogen) atoms. The third-order valence-electron chi connectivity index (χ3n) is 2.78. The van der Waals surface area contributed by atoms with Crippen LogP contribution in [0.25, 0.3) is 0 Å². The maximum Gasteiger partial charge on any atom is 0.170 e. The molecular weight excluding hydrogens is 198 g/mol. The molecule has 2 heteroatoms. The van der Waals surface area contributed by atoms with Gasteiger partial charge in [0.25, 0.3) is 0 Å². The molecular formula is C14H19NO. The quantitative estimate of drug-likeness (QED) is 0.570. The SMILES string of the molecule is C/C(=C\[C@H](C)C(=O)c1cccnc1)C(C)C. The first-order valence-corrected chi connectivity index (χ1v) is 5.65. The van der Waals surface area contributed by atoms with Gasteiger partial charge in [0.05, 0.1) is 0 Å². The standard InChI is InChI=1S/C14H19NO/c1-10(2)11(3)8-12(4)14(16)13-6-5-7-15-9-13/h5-10,12H,1-4H3/b11-8+/t12-/m0/s1. The van der Waals surface area contributed by atoms with Crippen molar-refractivity contribution < 1.29 is 4.79 Å². The molecule has 0 saturated carbocycles. The Morgan fingerprint density at radius 1 is 1.38 bits per heavy atom. The zero-order chi connectivity index (χ0) is 12.1. The Bertz CT molecular complexity index is 379. The summed E-state index contributed by atoms with van der Waals surface area (Å²) in [5, 5.41) is 0. The van der Waals surface area contributed by atoms with E-state index in [4.69, 9.17) is 0 Å². The van der Waals surface area contributed by atoms with Crippen molar-refractivity contribution >= 4 is 5.78 Å². The van der Waals surface area contributed by atoms with Gasteiger partial charge in [-0.1, -0.05) is 32.4 Å². The van der Waals surface area contributed by atoms with E-state index in [2.05, 4.69) is 25.8 Å². The molecule has 1 heterocycles. The van der Waals surface area contributed by atoms with E-state index in [1.54, 1.807) is 18.5 Å². The average Bonchev–Trinajstić information content (AvgIpc) is 2.28. The lowest BCUT2D eigenvalue weighted by molar-refractivity contribution is 0.0952. The van der Waals surface area contributed by atoms with Crippen LogP contribution in [0.4, 0.5) is 0 Å². The van der Waals surface area contributed by atoms with Gasteiger partial charge in [-0.25, -0.2) is 0 Å². The van der Waals surface area contributed by atoms with Gasteiger partial charge in [-0.15, -0.1) is 0 Å². The van der Waals surface area contributed by atoms with Gasteiger partial charge in [-0.3, -0.25) is 9.78 Å². The number of carbonyl (C=O) groups excluding carboxylic acids is 1. The Balaban J connectivity index is 2.80. The van der Waals surface area contributed by atoms with Crippen LogP contribution < -0.4 is 0 Å². The van der Waals surface area contributed by atoms with Crippen LogP contribution in [0.2, 0.25) is 0 Å². The topological polar surface area (TPSA) is 30.0 Å². The molecule has 0 bridgehead atoms. The number of hydrogen-bond donors (Lipinski definition) is 0. The normalized spacial score (nSPS) is 13.9. The van der Waals surface area contributed by atoms with Gasteiger partial charge in [0.1, 0.15) is 0 Å². The number of pyridine rings is 1. The van der Waals surface area contributed by atoms with E-state index >= 15 is 0 Å². The van der Waals surface area contributed by atoms with Crippen LogP contribution in [-0.2, 0) is 0 Å². The monoisotopic (exact) mass is 217 g/mol. The Kier molecular flexibility index (Phi) is 4.41. The lowest BCUT2D eigenvalue weighted by Gasteiger charge is -2.10. The van der Waals surface area contributed by atoms with Crippen molar-refractivity contribution in [2.24, 2.45) is 11.8 Å². The van der Waals surface area contributed by atoms with E-state index < -0.39 is 0 Å². The molecule has 0 spiro atoms. The molecule has 1 rings (SSSR count). The molecule has 1 atom stereocenters. The van der Waals surface area contributed by atoms with Gasteiger partial charge in [-0.05, 0) is 25.0 Å². The summed E-state index contributed by atoms with van der Waals surface area (Å²) in [7, 11) is 0. The van der Waals surface area contributed by atoms with Crippen molar-refractivity contribution in [1.29, 1.82) is 0 Å². The molecule has 0 aliphatic rings. The van der Waals surface area contributed by atoms with Crippen LogP contribution in [0.1, 0.15) is 38.1 Å². The van der Waals surface area contributed by atoms with Crippen LogP contribution in [0.3, 0.4) is 0 Å². The first-order valence-electron chi connectivity index (χ1n) is 5.65. The second-order valence-electron chi connectivity index (χ2n) is 4.46. The number of allylic oxidation sites excluding steroid dienone is 2. The second kappa shape index (κ2) is 5.59. The Morgan fingerprint density at radius 3 is 2.56 bits per heavy atom. The zero-order valence-corrected chi connectivity index (χ0v) is 10.4. The fourth-order valence-electron chi connectivity index (χ4n) is 1.43. The summed E-state index contributed by atoms with van der Waals surface area (Å²) < 4.78 is 0. The molecule has 1 aromatic heterocycles. The van der Waals surface area contributed by atoms with E-state index in [-0.39, 0.29) is 11.7 Å². The molecule has 1 aromatic rings. The number of carbonyl (C=O) groups is 1. The van der Waals surface area contributed by atoms with Crippen molar-refractivity contribution in [2.75, 3.05) is 0 Å². The predicted octanol–water partition coefficient (Wildman–Crippen LogP) is 3.50. The van der Waals surface area contributed by atoms with Gasteiger partial charge >= 0.3 is 0 Å². The fraction of sp³-hybridized carbons (Fsp3) is 0.429. The summed E-state index contributed by atoms with van der Waals surface area (Å²) in [6.45, 7) is 8.26. The summed E-state index contributed by atoms with van der Waals surface area (Å²) in [6, 6.07) is 3.60. The highest BCUT2D eigenvalue weighted by molar-refractivity contribution is 5.98. The number of nitrogens with zero attached hydrogens (tertiary/aromatic N) is 1. The Hall–Kier alpha value is -1.44. The summed E-state index contributed by atoms with van der Waals surface area (Å²) in [5.74, 6) is 0.545. The van der Waals surface area contributed by atoms with Gasteiger partial charge in [0.2, 0.25) is 0 Å². The minimum absolute atomic E-state index is 0.0772. The summed E-state index contributed by atoms with van der Waals surface area (Å²) in [6.07, 6.45) is 5.34. The van der Waals surface area contributed by atoms with E-state index in [9.17, 15) is 4.79 Å². The second-order valence-corrected chi connectivity index (χ2v) is 4.46. The zero-order valence-electron chi connectivity index (χ0n) is 10.4. The number of ketones is 1. The molecule has 0 saturated heterocycles. The Morgan fingerprint density at radius 2 is 2.06 bits per heavy atom. The molecule has 86 valence electrons. The van der Waals surface area contributed by atoms with Gasteiger partial charge in [0.15, 0.2) is 5.78 Å². The molecule has 0 radical (unpaired) electrons. The van der Waals surface area contributed by atoms with E-state index in [1.807, 2.05) is 19.1 Å². The minimum Gasteiger partial charge on any atom is -0.293 e. The third kappa shape index (κ3) is 3.30. The summed E-state index contributed by atoms with van der Waals surface area (Å²) >= 11 is 0. The highest BCUT2D eigenvalue weighted by atomic mass is 16.1. The summed E-state index contributed by atoms with van der Waals surface area (Å²) in [4.78, 5) is 16.0. The van der Waals surface area contributed by atoms with Crippen molar-refractivity contribution in [1.82, 2.24) is 4.98 Å². The lowest BCUT2D eigenvalue weighted by atomic mass is 9.95. The number of aromatic nitrogens is 1. The van der Waals surface area contributed by atoms with Crippen LogP contribution >= 0.6 is 0 Å².